The maximum atomic E-state index is 6.25. The van der Waals surface area contributed by atoms with Gasteiger partial charge >= 0.3 is 0 Å². The van der Waals surface area contributed by atoms with Crippen LogP contribution in [-0.4, -0.2) is 20.3 Å². The van der Waals surface area contributed by atoms with Crippen molar-refractivity contribution < 1.29 is 0 Å². The maximum Gasteiger partial charge on any atom is 0.152 e. The van der Waals surface area contributed by atoms with E-state index in [0.717, 1.165) is 53.0 Å². The van der Waals surface area contributed by atoms with Gasteiger partial charge in [0.25, 0.3) is 0 Å². The third kappa shape index (κ3) is 2.69. The number of aliphatic imine (C=N–C) groups is 1. The van der Waals surface area contributed by atoms with Gasteiger partial charge in [-0.1, -0.05) is 6.07 Å². The Kier molecular flexibility index (Phi) is 3.61. The van der Waals surface area contributed by atoms with E-state index in [1.165, 1.54) is 0 Å². The fraction of sp³-hybridized carbons (Fsp3) is 0.211. The van der Waals surface area contributed by atoms with Gasteiger partial charge in [0.2, 0.25) is 0 Å². The molecule has 0 atom stereocenters. The van der Waals surface area contributed by atoms with Crippen molar-refractivity contribution in [2.24, 2.45) is 10.7 Å². The minimum Gasteiger partial charge on any atom is -0.402 e. The Bertz CT molecular complexity index is 965. The van der Waals surface area contributed by atoms with Gasteiger partial charge in [-0.25, -0.2) is 14.5 Å². The summed E-state index contributed by atoms with van der Waals surface area (Å²) in [6.45, 7) is 1.97. The fourth-order valence-corrected chi connectivity index (χ4v) is 3.12. The average Bonchev–Trinajstić information content (AvgIpc) is 3.20. The second-order valence-corrected chi connectivity index (χ2v) is 6.07. The molecule has 0 spiro atoms. The highest BCUT2D eigenvalue weighted by atomic mass is 15.2. The quantitative estimate of drug-likeness (QED) is 0.751. The van der Waals surface area contributed by atoms with Crippen molar-refractivity contribution in [3.8, 4) is 0 Å². The molecule has 1 aliphatic carbocycles. The van der Waals surface area contributed by atoms with E-state index in [-0.39, 0.29) is 0 Å². The number of allylic oxidation sites excluding steroid dienone is 2. The van der Waals surface area contributed by atoms with Crippen molar-refractivity contribution in [2.45, 2.75) is 26.2 Å². The van der Waals surface area contributed by atoms with Crippen LogP contribution in [0.3, 0.4) is 0 Å². The smallest absolute Gasteiger partial charge is 0.152 e. The molecule has 0 fully saturated rings. The van der Waals surface area contributed by atoms with Gasteiger partial charge in [-0.2, -0.15) is 5.10 Å². The van der Waals surface area contributed by atoms with Crippen LogP contribution in [0.1, 0.15) is 30.5 Å². The van der Waals surface area contributed by atoms with Crippen LogP contribution in [0.2, 0.25) is 0 Å². The predicted octanol–water partition coefficient (Wildman–Crippen LogP) is 3.56. The van der Waals surface area contributed by atoms with Crippen LogP contribution < -0.4 is 5.73 Å². The van der Waals surface area contributed by atoms with Gasteiger partial charge in [0.05, 0.1) is 11.2 Å². The van der Waals surface area contributed by atoms with Crippen LogP contribution in [-0.2, 0) is 0 Å². The molecule has 0 saturated carbocycles. The zero-order valence-corrected chi connectivity index (χ0v) is 13.6. The topological polar surface area (TPSA) is 68.6 Å². The summed E-state index contributed by atoms with van der Waals surface area (Å²) < 4.78 is 1.85. The monoisotopic (exact) mass is 317 g/mol. The lowest BCUT2D eigenvalue weighted by atomic mass is 10.0. The average molecular weight is 317 g/mol. The summed E-state index contributed by atoms with van der Waals surface area (Å²) in [5.41, 5.74) is 12.3. The van der Waals surface area contributed by atoms with Crippen molar-refractivity contribution >= 4 is 17.0 Å². The van der Waals surface area contributed by atoms with Gasteiger partial charge < -0.3 is 5.73 Å². The summed E-state index contributed by atoms with van der Waals surface area (Å²) >= 11 is 0. The first kappa shape index (κ1) is 14.6. The van der Waals surface area contributed by atoms with E-state index in [9.17, 15) is 0 Å². The molecule has 3 aromatic rings. The standard InChI is InChI=1S/C19H19N5/c1-13-4-2-7-18(22-13)23-19(16-5-3-6-17(16)20)14-9-11-24-15(12-14)8-10-21-24/h2,4,7-12H,3,5-6,20H2,1H3. The second kappa shape index (κ2) is 5.92. The molecule has 0 aromatic carbocycles. The summed E-state index contributed by atoms with van der Waals surface area (Å²) in [5.74, 6) is 0.714. The Morgan fingerprint density at radius 2 is 2.12 bits per heavy atom. The van der Waals surface area contributed by atoms with E-state index in [1.54, 1.807) is 6.20 Å². The van der Waals surface area contributed by atoms with Crippen LogP contribution in [0.5, 0.6) is 0 Å². The number of aromatic nitrogens is 3. The first-order valence-electron chi connectivity index (χ1n) is 8.15. The van der Waals surface area contributed by atoms with Crippen LogP contribution in [0, 0.1) is 6.92 Å². The molecule has 0 aliphatic heterocycles. The fourth-order valence-electron chi connectivity index (χ4n) is 3.12. The van der Waals surface area contributed by atoms with Crippen molar-refractivity contribution in [2.75, 3.05) is 0 Å². The number of nitrogens with zero attached hydrogens (tertiary/aromatic N) is 4. The number of aryl methyl sites for hydroxylation is 1. The zero-order valence-electron chi connectivity index (χ0n) is 13.6. The molecule has 0 unspecified atom stereocenters. The Morgan fingerprint density at radius 3 is 2.92 bits per heavy atom. The SMILES string of the molecule is Cc1cccc(N=C(C2=C(N)CCC2)c2ccn3nccc3c2)n1. The van der Waals surface area contributed by atoms with E-state index >= 15 is 0 Å². The molecule has 0 amide bonds. The Hall–Kier alpha value is -2.95. The van der Waals surface area contributed by atoms with E-state index in [1.807, 2.05) is 48.0 Å². The molecule has 4 rings (SSSR count). The molecular weight excluding hydrogens is 298 g/mol. The minimum absolute atomic E-state index is 0.714. The number of nitrogens with two attached hydrogens (primary N) is 1. The molecule has 3 aromatic heterocycles. The lowest BCUT2D eigenvalue weighted by molar-refractivity contribution is 0.896. The maximum absolute atomic E-state index is 6.25. The molecule has 2 N–H and O–H groups in total. The lowest BCUT2D eigenvalue weighted by Gasteiger charge is -2.10. The number of rotatable bonds is 3. The first-order chi connectivity index (χ1) is 11.7. The largest absolute Gasteiger partial charge is 0.402 e. The van der Waals surface area contributed by atoms with E-state index < -0.39 is 0 Å². The molecule has 0 bridgehead atoms. The van der Waals surface area contributed by atoms with Gasteiger partial charge in [-0.3, -0.25) is 0 Å². The van der Waals surface area contributed by atoms with Gasteiger partial charge in [0.1, 0.15) is 0 Å². The summed E-state index contributed by atoms with van der Waals surface area (Å²) in [6.07, 6.45) is 6.72. The van der Waals surface area contributed by atoms with Gasteiger partial charge in [0, 0.05) is 29.3 Å². The van der Waals surface area contributed by atoms with Crippen LogP contribution in [0.15, 0.2) is 65.1 Å². The third-order valence-corrected chi connectivity index (χ3v) is 4.32. The molecular formula is C19H19N5. The highest BCUT2D eigenvalue weighted by Gasteiger charge is 2.19. The molecule has 0 saturated heterocycles. The number of pyridine rings is 2. The molecule has 0 radical (unpaired) electrons. The minimum atomic E-state index is 0.714. The van der Waals surface area contributed by atoms with Crippen molar-refractivity contribution in [1.82, 2.24) is 14.6 Å². The lowest BCUT2D eigenvalue weighted by Crippen LogP contribution is -2.09. The number of fused-ring (bicyclic) bond motifs is 1. The van der Waals surface area contributed by atoms with E-state index in [2.05, 4.69) is 16.1 Å². The van der Waals surface area contributed by atoms with E-state index in [0.29, 0.717) is 5.82 Å². The van der Waals surface area contributed by atoms with E-state index in [4.69, 9.17) is 10.7 Å². The number of hydrogen-bond acceptors (Lipinski definition) is 4. The summed E-state index contributed by atoms with van der Waals surface area (Å²) in [4.78, 5) is 9.37. The van der Waals surface area contributed by atoms with Crippen molar-refractivity contribution in [3.63, 3.8) is 0 Å². The highest BCUT2D eigenvalue weighted by molar-refractivity contribution is 6.14. The zero-order chi connectivity index (χ0) is 16.5. The van der Waals surface area contributed by atoms with Crippen LogP contribution in [0.25, 0.3) is 5.52 Å². The predicted molar refractivity (Wildman–Crippen MR) is 95.4 cm³/mol. The van der Waals surface area contributed by atoms with Crippen LogP contribution >= 0.6 is 0 Å². The molecule has 3 heterocycles. The first-order valence-corrected chi connectivity index (χ1v) is 8.15. The Labute approximate surface area is 140 Å². The molecule has 5 heteroatoms. The second-order valence-electron chi connectivity index (χ2n) is 6.07. The Morgan fingerprint density at radius 1 is 1.21 bits per heavy atom. The van der Waals surface area contributed by atoms with Crippen LogP contribution in [0.4, 0.5) is 5.82 Å². The summed E-state index contributed by atoms with van der Waals surface area (Å²) in [5, 5.41) is 4.25. The van der Waals surface area contributed by atoms with Crippen molar-refractivity contribution in [1.29, 1.82) is 0 Å². The number of hydrogen-bond donors (Lipinski definition) is 1. The third-order valence-electron chi connectivity index (χ3n) is 4.32. The summed E-state index contributed by atoms with van der Waals surface area (Å²) in [7, 11) is 0. The van der Waals surface area contributed by atoms with Gasteiger partial charge in [-0.15, -0.1) is 0 Å². The molecule has 1 aliphatic rings. The highest BCUT2D eigenvalue weighted by Crippen LogP contribution is 2.28. The van der Waals surface area contributed by atoms with Gasteiger partial charge in [0.15, 0.2) is 5.82 Å². The molecule has 120 valence electrons. The summed E-state index contributed by atoms with van der Waals surface area (Å²) in [6, 6.07) is 12.0. The van der Waals surface area contributed by atoms with Gasteiger partial charge in [-0.05, 0) is 62.1 Å². The molecule has 24 heavy (non-hydrogen) atoms. The normalized spacial score (nSPS) is 15.5. The molecule has 5 nitrogen and oxygen atoms in total. The van der Waals surface area contributed by atoms with Crippen molar-refractivity contribution in [3.05, 3.63) is 71.3 Å². The Balaban J connectivity index is 1.88.